The van der Waals surface area contributed by atoms with Crippen LogP contribution in [0.15, 0.2) is 54.7 Å². The van der Waals surface area contributed by atoms with Gasteiger partial charge in [0.15, 0.2) is 0 Å². The fourth-order valence-corrected chi connectivity index (χ4v) is 5.03. The molecule has 2 fully saturated rings. The lowest BCUT2D eigenvalue weighted by atomic mass is 9.96. The third-order valence-electron chi connectivity index (χ3n) is 6.57. The average Bonchev–Trinajstić information content (AvgIpc) is 2.84. The van der Waals surface area contributed by atoms with Gasteiger partial charge in [-0.05, 0) is 61.2 Å². The van der Waals surface area contributed by atoms with Gasteiger partial charge in [0.1, 0.15) is 11.0 Å². The van der Waals surface area contributed by atoms with E-state index in [-0.39, 0.29) is 5.91 Å². The molecule has 7 heteroatoms. The van der Waals surface area contributed by atoms with Gasteiger partial charge >= 0.3 is 0 Å². The molecule has 0 radical (unpaired) electrons. The maximum absolute atomic E-state index is 13.2. The number of anilines is 1. The Morgan fingerprint density at radius 2 is 1.91 bits per heavy atom. The molecule has 166 valence electrons. The van der Waals surface area contributed by atoms with Gasteiger partial charge in [-0.25, -0.2) is 9.97 Å². The Kier molecular flexibility index (Phi) is 6.23. The van der Waals surface area contributed by atoms with Gasteiger partial charge < -0.3 is 9.80 Å². The maximum atomic E-state index is 13.2. The van der Waals surface area contributed by atoms with Gasteiger partial charge in [-0.15, -0.1) is 0 Å². The highest BCUT2D eigenvalue weighted by atomic mass is 35.5. The molecule has 1 unspecified atom stereocenters. The Hall–Kier alpha value is -2.70. The number of carbonyl (C=O) groups is 1. The minimum atomic E-state index is 0.117. The first-order valence-corrected chi connectivity index (χ1v) is 11.8. The standard InChI is InChI=1S/C25H28ClN5O/c26-23-9-7-20-16-21(6-8-22(20)28-23)25(32)31-11-3-4-19(18-31)17-29-12-14-30(15-13-29)24-5-1-2-10-27-24/h1-2,5-10,16,19H,3-4,11-15,17-18H2. The van der Waals surface area contributed by atoms with Crippen molar-refractivity contribution in [3.05, 3.63) is 65.4 Å². The summed E-state index contributed by atoms with van der Waals surface area (Å²) < 4.78 is 0. The number of likely N-dealkylation sites (tertiary alicyclic amines) is 1. The van der Waals surface area contributed by atoms with Crippen molar-refractivity contribution in [3.63, 3.8) is 0 Å². The summed E-state index contributed by atoms with van der Waals surface area (Å²) in [6.07, 6.45) is 4.11. The molecule has 2 aliphatic rings. The fourth-order valence-electron chi connectivity index (χ4n) is 4.88. The predicted octanol–water partition coefficient (Wildman–Crippen LogP) is 3.96. The van der Waals surface area contributed by atoms with Crippen LogP contribution in [-0.4, -0.2) is 71.5 Å². The first kappa shape index (κ1) is 21.2. The van der Waals surface area contributed by atoms with E-state index in [2.05, 4.69) is 25.8 Å². The van der Waals surface area contributed by atoms with Crippen LogP contribution in [0.5, 0.6) is 0 Å². The Labute approximate surface area is 193 Å². The van der Waals surface area contributed by atoms with Gasteiger partial charge in [0.2, 0.25) is 0 Å². The van der Waals surface area contributed by atoms with Crippen LogP contribution in [-0.2, 0) is 0 Å². The number of aromatic nitrogens is 2. The van der Waals surface area contributed by atoms with E-state index in [1.54, 1.807) is 6.07 Å². The van der Waals surface area contributed by atoms with Crippen LogP contribution in [0.25, 0.3) is 10.9 Å². The van der Waals surface area contributed by atoms with E-state index < -0.39 is 0 Å². The number of fused-ring (bicyclic) bond motifs is 1. The lowest BCUT2D eigenvalue weighted by molar-refractivity contribution is 0.0637. The zero-order valence-corrected chi connectivity index (χ0v) is 18.9. The molecule has 4 heterocycles. The monoisotopic (exact) mass is 449 g/mol. The number of rotatable bonds is 4. The van der Waals surface area contributed by atoms with E-state index in [1.165, 1.54) is 6.42 Å². The predicted molar refractivity (Wildman–Crippen MR) is 128 cm³/mol. The van der Waals surface area contributed by atoms with Gasteiger partial charge in [-0.2, -0.15) is 0 Å². The molecule has 2 saturated heterocycles. The van der Waals surface area contributed by atoms with Crippen molar-refractivity contribution < 1.29 is 4.79 Å². The lowest BCUT2D eigenvalue weighted by Gasteiger charge is -2.39. The molecule has 0 aliphatic carbocycles. The molecule has 1 aromatic carbocycles. The van der Waals surface area contributed by atoms with Gasteiger partial charge in [-0.3, -0.25) is 9.69 Å². The zero-order chi connectivity index (χ0) is 21.9. The summed E-state index contributed by atoms with van der Waals surface area (Å²) in [6, 6.07) is 15.5. The molecule has 1 atom stereocenters. The van der Waals surface area contributed by atoms with E-state index in [4.69, 9.17) is 11.6 Å². The molecule has 0 N–H and O–H groups in total. The third-order valence-corrected chi connectivity index (χ3v) is 6.78. The molecule has 6 nitrogen and oxygen atoms in total. The van der Waals surface area contributed by atoms with E-state index in [0.717, 1.165) is 74.5 Å². The highest BCUT2D eigenvalue weighted by Crippen LogP contribution is 2.23. The number of pyridine rings is 2. The van der Waals surface area contributed by atoms with Crippen LogP contribution in [0.1, 0.15) is 23.2 Å². The lowest BCUT2D eigenvalue weighted by Crippen LogP contribution is -2.50. The number of halogens is 1. The second kappa shape index (κ2) is 9.43. The number of hydrogen-bond donors (Lipinski definition) is 0. The highest BCUT2D eigenvalue weighted by molar-refractivity contribution is 6.29. The molecule has 5 rings (SSSR count). The second-order valence-corrected chi connectivity index (χ2v) is 9.16. The molecule has 32 heavy (non-hydrogen) atoms. The molecule has 3 aromatic rings. The molecule has 1 amide bonds. The van der Waals surface area contributed by atoms with E-state index in [9.17, 15) is 4.79 Å². The number of carbonyl (C=O) groups excluding carboxylic acids is 1. The van der Waals surface area contributed by atoms with Crippen LogP contribution in [0.3, 0.4) is 0 Å². The van der Waals surface area contributed by atoms with Crippen LogP contribution < -0.4 is 4.90 Å². The number of benzene rings is 1. The first-order chi connectivity index (χ1) is 15.7. The van der Waals surface area contributed by atoms with E-state index in [1.807, 2.05) is 47.5 Å². The van der Waals surface area contributed by atoms with Gasteiger partial charge in [0.05, 0.1) is 5.52 Å². The summed E-state index contributed by atoms with van der Waals surface area (Å²) >= 11 is 5.98. The Morgan fingerprint density at radius 3 is 2.72 bits per heavy atom. The molecule has 2 aliphatic heterocycles. The smallest absolute Gasteiger partial charge is 0.253 e. The number of nitrogens with zero attached hydrogens (tertiary/aromatic N) is 5. The second-order valence-electron chi connectivity index (χ2n) is 8.78. The quantitative estimate of drug-likeness (QED) is 0.564. The van der Waals surface area contributed by atoms with Crippen molar-refractivity contribution in [1.29, 1.82) is 0 Å². The van der Waals surface area contributed by atoms with E-state index in [0.29, 0.717) is 11.1 Å². The van der Waals surface area contributed by atoms with Gasteiger partial charge in [0.25, 0.3) is 5.91 Å². The highest BCUT2D eigenvalue weighted by Gasteiger charge is 2.27. The van der Waals surface area contributed by atoms with Crippen molar-refractivity contribution in [2.75, 3.05) is 50.7 Å². The number of piperidine rings is 1. The Bertz CT molecular complexity index is 1080. The summed E-state index contributed by atoms with van der Waals surface area (Å²) in [4.78, 5) is 28.9. The molecule has 0 spiro atoms. The summed E-state index contributed by atoms with van der Waals surface area (Å²) in [6.45, 7) is 6.81. The normalized spacial score (nSPS) is 20.0. The van der Waals surface area contributed by atoms with Crippen molar-refractivity contribution in [3.8, 4) is 0 Å². The molecular weight excluding hydrogens is 422 g/mol. The van der Waals surface area contributed by atoms with Crippen molar-refractivity contribution in [2.45, 2.75) is 12.8 Å². The van der Waals surface area contributed by atoms with Crippen molar-refractivity contribution in [2.24, 2.45) is 5.92 Å². The zero-order valence-electron chi connectivity index (χ0n) is 18.2. The first-order valence-electron chi connectivity index (χ1n) is 11.4. The van der Waals surface area contributed by atoms with Gasteiger partial charge in [-0.1, -0.05) is 17.7 Å². The summed E-state index contributed by atoms with van der Waals surface area (Å²) in [7, 11) is 0. The maximum Gasteiger partial charge on any atom is 0.253 e. The molecule has 0 saturated carbocycles. The summed E-state index contributed by atoms with van der Waals surface area (Å²) in [5, 5.41) is 1.41. The van der Waals surface area contributed by atoms with Crippen LogP contribution in [0.2, 0.25) is 5.15 Å². The van der Waals surface area contributed by atoms with Crippen LogP contribution in [0, 0.1) is 5.92 Å². The minimum Gasteiger partial charge on any atom is -0.354 e. The van der Waals surface area contributed by atoms with Crippen LogP contribution in [0.4, 0.5) is 5.82 Å². The van der Waals surface area contributed by atoms with Crippen LogP contribution >= 0.6 is 11.6 Å². The molecular formula is C25H28ClN5O. The number of hydrogen-bond acceptors (Lipinski definition) is 5. The largest absolute Gasteiger partial charge is 0.354 e. The minimum absolute atomic E-state index is 0.117. The SMILES string of the molecule is O=C(c1ccc2nc(Cl)ccc2c1)N1CCCC(CN2CCN(c3ccccn3)CC2)C1. The van der Waals surface area contributed by atoms with Gasteiger partial charge in [0, 0.05) is 63.0 Å². The third kappa shape index (κ3) is 4.71. The summed E-state index contributed by atoms with van der Waals surface area (Å²) in [5.74, 6) is 1.70. The number of amides is 1. The van der Waals surface area contributed by atoms with E-state index >= 15 is 0 Å². The Morgan fingerprint density at radius 1 is 1.03 bits per heavy atom. The molecule has 0 bridgehead atoms. The molecule has 2 aromatic heterocycles. The topological polar surface area (TPSA) is 52.6 Å². The average molecular weight is 450 g/mol. The fraction of sp³-hybridized carbons (Fsp3) is 0.400. The van der Waals surface area contributed by atoms with Crippen molar-refractivity contribution >= 4 is 34.2 Å². The number of piperazine rings is 1. The van der Waals surface area contributed by atoms with Crippen molar-refractivity contribution in [1.82, 2.24) is 19.8 Å². The Balaban J connectivity index is 1.18. The summed E-state index contributed by atoms with van der Waals surface area (Å²) in [5.41, 5.74) is 1.54.